The molecule has 18 heavy (non-hydrogen) atoms. The Balaban J connectivity index is 2.69. The maximum absolute atomic E-state index is 13.7. The van der Waals surface area contributed by atoms with Gasteiger partial charge in [0.1, 0.15) is 11.0 Å². The first-order valence-corrected chi connectivity index (χ1v) is 5.51. The van der Waals surface area contributed by atoms with Crippen molar-refractivity contribution in [1.29, 1.82) is 0 Å². The molecule has 0 bridgehead atoms. The highest BCUT2D eigenvalue weighted by Gasteiger charge is 2.20. The lowest BCUT2D eigenvalue weighted by Crippen LogP contribution is -1.96. The van der Waals surface area contributed by atoms with Crippen LogP contribution in [-0.4, -0.2) is 9.91 Å². The standard InChI is InChI=1S/C11H5Cl2FN2O2/c12-6-1-2-7(8(14)5-6)11-9(16(17)18)3-4-10(13)15-11/h1-5H. The fourth-order valence-electron chi connectivity index (χ4n) is 1.46. The topological polar surface area (TPSA) is 56.0 Å². The van der Waals surface area contributed by atoms with Gasteiger partial charge in [-0.05, 0) is 24.3 Å². The van der Waals surface area contributed by atoms with Crippen LogP contribution < -0.4 is 0 Å². The average molecular weight is 287 g/mol. The van der Waals surface area contributed by atoms with E-state index in [1.807, 2.05) is 0 Å². The van der Waals surface area contributed by atoms with Crippen molar-refractivity contribution in [3.63, 3.8) is 0 Å². The third-order valence-corrected chi connectivity index (χ3v) is 2.67. The summed E-state index contributed by atoms with van der Waals surface area (Å²) in [6.45, 7) is 0. The number of hydrogen-bond donors (Lipinski definition) is 0. The third-order valence-electron chi connectivity index (χ3n) is 2.22. The first-order chi connectivity index (χ1) is 8.49. The van der Waals surface area contributed by atoms with E-state index in [0.717, 1.165) is 6.07 Å². The number of hydrogen-bond acceptors (Lipinski definition) is 3. The molecule has 0 saturated heterocycles. The zero-order chi connectivity index (χ0) is 13.3. The lowest BCUT2D eigenvalue weighted by Gasteiger charge is -2.04. The van der Waals surface area contributed by atoms with Crippen molar-refractivity contribution in [3.05, 3.63) is 56.4 Å². The van der Waals surface area contributed by atoms with Gasteiger partial charge in [-0.1, -0.05) is 23.2 Å². The summed E-state index contributed by atoms with van der Waals surface area (Å²) >= 11 is 11.3. The smallest absolute Gasteiger partial charge is 0.258 e. The number of pyridine rings is 1. The van der Waals surface area contributed by atoms with Gasteiger partial charge in [0.15, 0.2) is 5.69 Å². The molecule has 0 saturated carbocycles. The maximum atomic E-state index is 13.7. The predicted octanol–water partition coefficient (Wildman–Crippen LogP) is 4.10. The van der Waals surface area contributed by atoms with E-state index in [2.05, 4.69) is 4.98 Å². The van der Waals surface area contributed by atoms with Gasteiger partial charge in [-0.2, -0.15) is 0 Å². The molecular formula is C11H5Cl2FN2O2. The van der Waals surface area contributed by atoms with Gasteiger partial charge in [-0.3, -0.25) is 10.1 Å². The summed E-state index contributed by atoms with van der Waals surface area (Å²) in [5, 5.41) is 11.1. The van der Waals surface area contributed by atoms with Crippen molar-refractivity contribution >= 4 is 28.9 Å². The van der Waals surface area contributed by atoms with Crippen LogP contribution in [0.1, 0.15) is 0 Å². The third kappa shape index (κ3) is 2.42. The van der Waals surface area contributed by atoms with Gasteiger partial charge in [0.25, 0.3) is 5.69 Å². The van der Waals surface area contributed by atoms with Crippen LogP contribution in [0.15, 0.2) is 30.3 Å². The number of rotatable bonds is 2. The summed E-state index contributed by atoms with van der Waals surface area (Å²) in [5.74, 6) is -0.694. The Morgan fingerprint density at radius 2 is 1.94 bits per heavy atom. The van der Waals surface area contributed by atoms with Crippen LogP contribution in [0.4, 0.5) is 10.1 Å². The second-order valence-corrected chi connectivity index (χ2v) is 4.21. The molecule has 0 aliphatic heterocycles. The molecule has 7 heteroatoms. The van der Waals surface area contributed by atoms with E-state index in [-0.39, 0.29) is 27.1 Å². The van der Waals surface area contributed by atoms with Gasteiger partial charge < -0.3 is 0 Å². The molecule has 0 atom stereocenters. The summed E-state index contributed by atoms with van der Waals surface area (Å²) in [7, 11) is 0. The fourth-order valence-corrected chi connectivity index (χ4v) is 1.76. The van der Waals surface area contributed by atoms with E-state index in [0.29, 0.717) is 0 Å². The molecule has 0 aliphatic rings. The molecule has 0 N–H and O–H groups in total. The van der Waals surface area contributed by atoms with E-state index >= 15 is 0 Å². The average Bonchev–Trinajstić information content (AvgIpc) is 2.28. The van der Waals surface area contributed by atoms with Gasteiger partial charge in [0.05, 0.1) is 4.92 Å². The second-order valence-electron chi connectivity index (χ2n) is 3.38. The van der Waals surface area contributed by atoms with Crippen LogP contribution in [0.2, 0.25) is 10.2 Å². The maximum Gasteiger partial charge on any atom is 0.295 e. The largest absolute Gasteiger partial charge is 0.295 e. The lowest BCUT2D eigenvalue weighted by atomic mass is 10.1. The van der Waals surface area contributed by atoms with E-state index in [1.165, 1.54) is 24.3 Å². The molecule has 2 aromatic rings. The van der Waals surface area contributed by atoms with Crippen LogP contribution in [0.25, 0.3) is 11.3 Å². The highest BCUT2D eigenvalue weighted by Crippen LogP contribution is 2.32. The molecule has 1 aromatic heterocycles. The van der Waals surface area contributed by atoms with Gasteiger partial charge in [0, 0.05) is 16.7 Å². The quantitative estimate of drug-likeness (QED) is 0.474. The summed E-state index contributed by atoms with van der Waals surface area (Å²) < 4.78 is 13.7. The monoisotopic (exact) mass is 286 g/mol. The van der Waals surface area contributed by atoms with Crippen molar-refractivity contribution in [1.82, 2.24) is 4.98 Å². The molecule has 0 radical (unpaired) electrons. The Kier molecular flexibility index (Phi) is 3.45. The molecule has 0 unspecified atom stereocenters. The molecule has 0 aliphatic carbocycles. The Hall–Kier alpha value is -1.72. The summed E-state index contributed by atoms with van der Waals surface area (Å²) in [6, 6.07) is 6.26. The Bertz CT molecular complexity index is 634. The van der Waals surface area contributed by atoms with Crippen LogP contribution in [0, 0.1) is 15.9 Å². The van der Waals surface area contributed by atoms with E-state index < -0.39 is 10.7 Å². The molecule has 0 spiro atoms. The summed E-state index contributed by atoms with van der Waals surface area (Å²) in [4.78, 5) is 14.0. The van der Waals surface area contributed by atoms with Crippen molar-refractivity contribution in [2.24, 2.45) is 0 Å². The number of benzene rings is 1. The van der Waals surface area contributed by atoms with Crippen LogP contribution in [-0.2, 0) is 0 Å². The number of nitrogens with zero attached hydrogens (tertiary/aromatic N) is 2. The number of halogens is 3. The van der Waals surface area contributed by atoms with Gasteiger partial charge in [0.2, 0.25) is 0 Å². The highest BCUT2D eigenvalue weighted by molar-refractivity contribution is 6.30. The molecular weight excluding hydrogens is 282 g/mol. The highest BCUT2D eigenvalue weighted by atomic mass is 35.5. The molecule has 0 amide bonds. The Morgan fingerprint density at radius 1 is 1.22 bits per heavy atom. The molecule has 4 nitrogen and oxygen atoms in total. The van der Waals surface area contributed by atoms with E-state index in [4.69, 9.17) is 23.2 Å². The SMILES string of the molecule is O=[N+]([O-])c1ccc(Cl)nc1-c1ccc(Cl)cc1F. The van der Waals surface area contributed by atoms with Crippen LogP contribution in [0.5, 0.6) is 0 Å². The van der Waals surface area contributed by atoms with Gasteiger partial charge >= 0.3 is 0 Å². The van der Waals surface area contributed by atoms with Crippen LogP contribution in [0.3, 0.4) is 0 Å². The Labute approximate surface area is 111 Å². The molecule has 1 aromatic carbocycles. The van der Waals surface area contributed by atoms with Crippen LogP contribution >= 0.6 is 23.2 Å². The number of nitro groups is 1. The van der Waals surface area contributed by atoms with Crippen molar-refractivity contribution in [3.8, 4) is 11.3 Å². The molecule has 0 fully saturated rings. The number of aromatic nitrogens is 1. The van der Waals surface area contributed by atoms with Crippen molar-refractivity contribution in [2.45, 2.75) is 0 Å². The first-order valence-electron chi connectivity index (χ1n) is 4.75. The minimum Gasteiger partial charge on any atom is -0.258 e. The first kappa shape index (κ1) is 12.7. The zero-order valence-corrected chi connectivity index (χ0v) is 10.2. The van der Waals surface area contributed by atoms with Gasteiger partial charge in [-0.25, -0.2) is 9.37 Å². The molecule has 2 rings (SSSR count). The second kappa shape index (κ2) is 4.88. The van der Waals surface area contributed by atoms with Gasteiger partial charge in [-0.15, -0.1) is 0 Å². The minimum absolute atomic E-state index is 0.0198. The zero-order valence-electron chi connectivity index (χ0n) is 8.73. The van der Waals surface area contributed by atoms with Crippen molar-refractivity contribution in [2.75, 3.05) is 0 Å². The normalized spacial score (nSPS) is 10.4. The predicted molar refractivity (Wildman–Crippen MR) is 66.3 cm³/mol. The minimum atomic E-state index is -0.694. The fraction of sp³-hybridized carbons (Fsp3) is 0. The van der Waals surface area contributed by atoms with Crippen molar-refractivity contribution < 1.29 is 9.31 Å². The van der Waals surface area contributed by atoms with E-state index in [9.17, 15) is 14.5 Å². The Morgan fingerprint density at radius 3 is 2.56 bits per heavy atom. The summed E-state index contributed by atoms with van der Waals surface area (Å²) in [5.41, 5.74) is -0.462. The van der Waals surface area contributed by atoms with E-state index in [1.54, 1.807) is 0 Å². The molecule has 1 heterocycles. The summed E-state index contributed by atoms with van der Waals surface area (Å²) in [6.07, 6.45) is 0. The molecule has 92 valence electrons. The lowest BCUT2D eigenvalue weighted by molar-refractivity contribution is -0.384.